The molecule has 1 aliphatic heterocycles. The normalized spacial score (nSPS) is 18.4. The number of rotatable bonds is 10. The fraction of sp³-hybridized carbons (Fsp3) is 0.667. The third-order valence-corrected chi connectivity index (χ3v) is 4.14. The lowest BCUT2D eigenvalue weighted by Gasteiger charge is -2.28. The highest BCUT2D eigenvalue weighted by Crippen LogP contribution is 2.19. The van der Waals surface area contributed by atoms with Crippen LogP contribution in [0.4, 0.5) is 0 Å². The number of amides is 3. The Bertz CT molecular complexity index is 605. The molecule has 0 spiro atoms. The van der Waals surface area contributed by atoms with Crippen molar-refractivity contribution in [2.75, 3.05) is 13.1 Å². The van der Waals surface area contributed by atoms with Gasteiger partial charge in [-0.2, -0.15) is 0 Å². The topological polar surface area (TPSA) is 220 Å². The predicted octanol–water partition coefficient (Wildman–Crippen LogP) is -3.20. The molecular weight excluding hydrogens is 358 g/mol. The van der Waals surface area contributed by atoms with E-state index >= 15 is 0 Å². The molecule has 10 N–H and O–H groups in total. The molecule has 0 radical (unpaired) electrons. The first kappa shape index (κ1) is 22.2. The van der Waals surface area contributed by atoms with Crippen LogP contribution in [0.1, 0.15) is 32.1 Å². The fourth-order valence-electron chi connectivity index (χ4n) is 2.84. The second-order valence-electron chi connectivity index (χ2n) is 6.31. The van der Waals surface area contributed by atoms with E-state index in [0.29, 0.717) is 19.3 Å². The summed E-state index contributed by atoms with van der Waals surface area (Å²) in [7, 11) is 0. The number of hydrogen-bond donors (Lipinski definition) is 6. The average Bonchev–Trinajstić information content (AvgIpc) is 3.05. The Morgan fingerprint density at radius 1 is 1.22 bits per heavy atom. The average molecular weight is 385 g/mol. The third-order valence-electron chi connectivity index (χ3n) is 4.14. The van der Waals surface area contributed by atoms with Crippen LogP contribution in [0.25, 0.3) is 0 Å². The van der Waals surface area contributed by atoms with Crippen molar-refractivity contribution >= 4 is 29.7 Å². The molecule has 0 aromatic heterocycles. The molecule has 1 rings (SSSR count). The maximum absolute atomic E-state index is 12.8. The number of nitrogens with one attached hydrogen (secondary N) is 1. The fourth-order valence-corrected chi connectivity index (χ4v) is 2.84. The Morgan fingerprint density at radius 2 is 1.89 bits per heavy atom. The first-order valence-corrected chi connectivity index (χ1v) is 8.56. The van der Waals surface area contributed by atoms with Gasteiger partial charge in [0.05, 0.1) is 12.5 Å². The Kier molecular flexibility index (Phi) is 8.45. The van der Waals surface area contributed by atoms with E-state index in [-0.39, 0.29) is 31.9 Å². The number of nitrogens with zero attached hydrogens (tertiary/aromatic N) is 2. The SMILES string of the molecule is NC(=O)C[C@H](N)C(=O)N[C@@H](CCCN=C(N)N)C(=O)N1CCC[C@@H]1C(=O)O. The quantitative estimate of drug-likeness (QED) is 0.127. The zero-order chi connectivity index (χ0) is 20.6. The summed E-state index contributed by atoms with van der Waals surface area (Å²) < 4.78 is 0. The zero-order valence-electron chi connectivity index (χ0n) is 15.0. The molecule has 1 heterocycles. The van der Waals surface area contributed by atoms with Gasteiger partial charge in [-0.1, -0.05) is 0 Å². The van der Waals surface area contributed by atoms with Crippen molar-refractivity contribution in [2.24, 2.45) is 27.9 Å². The number of nitrogens with two attached hydrogens (primary N) is 4. The van der Waals surface area contributed by atoms with Crippen LogP contribution in [0, 0.1) is 0 Å². The van der Waals surface area contributed by atoms with Crippen LogP contribution in [0.15, 0.2) is 4.99 Å². The van der Waals surface area contributed by atoms with Gasteiger partial charge in [0.15, 0.2) is 5.96 Å². The van der Waals surface area contributed by atoms with Crippen LogP contribution in [0.5, 0.6) is 0 Å². The van der Waals surface area contributed by atoms with Crippen molar-refractivity contribution < 1.29 is 24.3 Å². The van der Waals surface area contributed by atoms with Gasteiger partial charge in [0.1, 0.15) is 12.1 Å². The summed E-state index contributed by atoms with van der Waals surface area (Å²) in [4.78, 5) is 52.2. The summed E-state index contributed by atoms with van der Waals surface area (Å²) in [5.41, 5.74) is 21.1. The molecule has 152 valence electrons. The molecule has 1 fully saturated rings. The standard InChI is InChI=1S/C15H27N7O5/c16-8(7-11(17)23)12(24)21-9(3-1-5-20-15(18)19)13(25)22-6-2-4-10(22)14(26)27/h8-10H,1-7,16H2,(H2,17,23)(H,21,24)(H,26,27)(H4,18,19,20)/t8-,9-,10+/m0/s1. The Balaban J connectivity index is 2.84. The molecule has 0 aromatic carbocycles. The van der Waals surface area contributed by atoms with Gasteiger partial charge < -0.3 is 38.3 Å². The van der Waals surface area contributed by atoms with Gasteiger partial charge in [-0.15, -0.1) is 0 Å². The Hall–Kier alpha value is -2.89. The van der Waals surface area contributed by atoms with Gasteiger partial charge >= 0.3 is 5.97 Å². The van der Waals surface area contributed by atoms with Crippen LogP contribution in [-0.2, 0) is 19.2 Å². The number of carbonyl (C=O) groups excluding carboxylic acids is 3. The number of primary amides is 1. The Labute approximate surface area is 156 Å². The minimum absolute atomic E-state index is 0.101. The third kappa shape index (κ3) is 7.09. The van der Waals surface area contributed by atoms with E-state index < -0.39 is 41.8 Å². The van der Waals surface area contributed by atoms with Crippen molar-refractivity contribution in [1.29, 1.82) is 0 Å². The molecule has 3 amide bonds. The summed E-state index contributed by atoms with van der Waals surface area (Å²) in [5, 5.41) is 11.7. The van der Waals surface area contributed by atoms with Gasteiger partial charge in [0.25, 0.3) is 0 Å². The largest absolute Gasteiger partial charge is 0.480 e. The van der Waals surface area contributed by atoms with E-state index in [1.165, 1.54) is 4.90 Å². The van der Waals surface area contributed by atoms with Crippen molar-refractivity contribution in [3.63, 3.8) is 0 Å². The number of carboxylic acid groups (broad SMARTS) is 1. The molecule has 0 unspecified atom stereocenters. The number of carbonyl (C=O) groups is 4. The molecule has 12 heteroatoms. The lowest BCUT2D eigenvalue weighted by atomic mass is 10.1. The summed E-state index contributed by atoms with van der Waals surface area (Å²) >= 11 is 0. The predicted molar refractivity (Wildman–Crippen MR) is 96.0 cm³/mol. The molecule has 3 atom stereocenters. The van der Waals surface area contributed by atoms with Crippen LogP contribution < -0.4 is 28.3 Å². The van der Waals surface area contributed by atoms with Crippen molar-refractivity contribution in [1.82, 2.24) is 10.2 Å². The monoisotopic (exact) mass is 385 g/mol. The van der Waals surface area contributed by atoms with Crippen LogP contribution >= 0.6 is 0 Å². The molecule has 0 bridgehead atoms. The highest BCUT2D eigenvalue weighted by Gasteiger charge is 2.37. The minimum Gasteiger partial charge on any atom is -0.480 e. The number of carboxylic acids is 1. The van der Waals surface area contributed by atoms with Gasteiger partial charge in [0.2, 0.25) is 17.7 Å². The summed E-state index contributed by atoms with van der Waals surface area (Å²) in [6, 6.07) is -3.15. The molecular formula is C15H27N7O5. The van der Waals surface area contributed by atoms with Crippen molar-refractivity contribution in [3.05, 3.63) is 0 Å². The molecule has 12 nitrogen and oxygen atoms in total. The van der Waals surface area contributed by atoms with E-state index in [1.807, 2.05) is 0 Å². The maximum atomic E-state index is 12.8. The summed E-state index contributed by atoms with van der Waals surface area (Å²) in [5.74, 6) is -3.20. The first-order valence-electron chi connectivity index (χ1n) is 8.56. The molecule has 1 saturated heterocycles. The van der Waals surface area contributed by atoms with Gasteiger partial charge in [-0.3, -0.25) is 19.4 Å². The number of likely N-dealkylation sites (tertiary alicyclic amines) is 1. The molecule has 0 saturated carbocycles. The lowest BCUT2D eigenvalue weighted by Crippen LogP contribution is -2.55. The van der Waals surface area contributed by atoms with E-state index in [0.717, 1.165) is 0 Å². The highest BCUT2D eigenvalue weighted by atomic mass is 16.4. The van der Waals surface area contributed by atoms with Crippen molar-refractivity contribution in [3.8, 4) is 0 Å². The lowest BCUT2D eigenvalue weighted by molar-refractivity contribution is -0.149. The molecule has 0 aromatic rings. The van der Waals surface area contributed by atoms with Crippen LogP contribution in [-0.4, -0.2) is 70.9 Å². The number of hydrogen-bond acceptors (Lipinski definition) is 6. The zero-order valence-corrected chi connectivity index (χ0v) is 15.0. The van der Waals surface area contributed by atoms with E-state index in [2.05, 4.69) is 10.3 Å². The van der Waals surface area contributed by atoms with Gasteiger partial charge in [0, 0.05) is 13.1 Å². The Morgan fingerprint density at radius 3 is 2.44 bits per heavy atom. The van der Waals surface area contributed by atoms with E-state index in [4.69, 9.17) is 22.9 Å². The number of guanidine groups is 1. The van der Waals surface area contributed by atoms with Crippen LogP contribution in [0.3, 0.4) is 0 Å². The highest BCUT2D eigenvalue weighted by molar-refractivity contribution is 5.93. The van der Waals surface area contributed by atoms with Crippen molar-refractivity contribution in [2.45, 2.75) is 50.2 Å². The first-order chi connectivity index (χ1) is 12.6. The summed E-state index contributed by atoms with van der Waals surface area (Å²) in [6.07, 6.45) is 1.07. The van der Waals surface area contributed by atoms with Gasteiger partial charge in [-0.25, -0.2) is 4.79 Å². The molecule has 27 heavy (non-hydrogen) atoms. The number of aliphatic imine (C=N–C) groups is 1. The molecule has 1 aliphatic rings. The van der Waals surface area contributed by atoms with E-state index in [9.17, 15) is 24.3 Å². The minimum atomic E-state index is -1.20. The second-order valence-corrected chi connectivity index (χ2v) is 6.31. The number of aliphatic carboxylic acids is 1. The molecule has 0 aliphatic carbocycles. The van der Waals surface area contributed by atoms with E-state index in [1.54, 1.807) is 0 Å². The summed E-state index contributed by atoms with van der Waals surface area (Å²) in [6.45, 7) is 0.515. The van der Waals surface area contributed by atoms with Crippen LogP contribution in [0.2, 0.25) is 0 Å². The van der Waals surface area contributed by atoms with Gasteiger partial charge in [-0.05, 0) is 25.7 Å². The second kappa shape index (κ2) is 10.3. The maximum Gasteiger partial charge on any atom is 0.326 e. The smallest absolute Gasteiger partial charge is 0.326 e.